The first-order chi connectivity index (χ1) is 10.7. The molecule has 1 aromatic carbocycles. The highest BCUT2D eigenvalue weighted by atomic mass is 32.2. The molecule has 0 aliphatic heterocycles. The molecule has 0 amide bonds. The maximum atomic E-state index is 13.7. The Kier molecular flexibility index (Phi) is 5.13. The molecule has 22 heavy (non-hydrogen) atoms. The molecule has 1 fully saturated rings. The van der Waals surface area contributed by atoms with Crippen molar-refractivity contribution in [3.8, 4) is 0 Å². The summed E-state index contributed by atoms with van der Waals surface area (Å²) < 4.78 is 15.7. The Hall–Kier alpha value is -1.36. The van der Waals surface area contributed by atoms with Crippen LogP contribution >= 0.6 is 11.8 Å². The van der Waals surface area contributed by atoms with Crippen LogP contribution in [0.4, 0.5) is 4.39 Å². The monoisotopic (exact) mass is 319 g/mol. The maximum Gasteiger partial charge on any atom is 0.191 e. The molecule has 3 rings (SSSR count). The molecule has 0 radical (unpaired) electrons. The van der Waals surface area contributed by atoms with Crippen molar-refractivity contribution in [3.63, 3.8) is 0 Å². The van der Waals surface area contributed by atoms with Crippen LogP contribution in [-0.2, 0) is 19.2 Å². The predicted octanol–water partition coefficient (Wildman–Crippen LogP) is 4.37. The van der Waals surface area contributed by atoms with Gasteiger partial charge in [0.2, 0.25) is 0 Å². The highest BCUT2D eigenvalue weighted by Crippen LogP contribution is 2.28. The van der Waals surface area contributed by atoms with E-state index in [1.165, 1.54) is 38.2 Å². The molecule has 5 heteroatoms. The summed E-state index contributed by atoms with van der Waals surface area (Å²) in [6.07, 6.45) is 7.70. The molecule has 2 aromatic rings. The molecule has 3 nitrogen and oxygen atoms in total. The van der Waals surface area contributed by atoms with Crippen LogP contribution in [0.25, 0.3) is 0 Å². The first-order valence-electron chi connectivity index (χ1n) is 7.98. The molecule has 0 spiro atoms. The smallest absolute Gasteiger partial charge is 0.191 e. The molecular weight excluding hydrogens is 297 g/mol. The Morgan fingerprint density at radius 3 is 2.73 bits per heavy atom. The lowest BCUT2D eigenvalue weighted by Crippen LogP contribution is -2.12. The molecule has 1 aliphatic carbocycles. The van der Waals surface area contributed by atoms with E-state index in [-0.39, 0.29) is 5.82 Å². The second-order valence-corrected chi connectivity index (χ2v) is 6.99. The number of halogens is 1. The highest BCUT2D eigenvalue weighted by Gasteiger charge is 2.18. The lowest BCUT2D eigenvalue weighted by molar-refractivity contribution is 0.348. The maximum absolute atomic E-state index is 13.7. The summed E-state index contributed by atoms with van der Waals surface area (Å²) in [5.41, 5.74) is 0.712. The van der Waals surface area contributed by atoms with Crippen LogP contribution < -0.4 is 0 Å². The van der Waals surface area contributed by atoms with Gasteiger partial charge < -0.3 is 4.57 Å². The van der Waals surface area contributed by atoms with Crippen molar-refractivity contribution in [1.82, 2.24) is 14.8 Å². The minimum atomic E-state index is -0.153. The molecule has 0 N–H and O–H groups in total. The van der Waals surface area contributed by atoms with E-state index >= 15 is 0 Å². The van der Waals surface area contributed by atoms with Gasteiger partial charge in [0, 0.05) is 19.2 Å². The van der Waals surface area contributed by atoms with E-state index in [1.54, 1.807) is 17.8 Å². The summed E-state index contributed by atoms with van der Waals surface area (Å²) in [5, 5.41) is 9.49. The van der Waals surface area contributed by atoms with Gasteiger partial charge in [-0.15, -0.1) is 10.2 Å². The van der Waals surface area contributed by atoms with E-state index in [1.807, 2.05) is 19.2 Å². The molecule has 1 aromatic heterocycles. The summed E-state index contributed by atoms with van der Waals surface area (Å²) in [7, 11) is 2.02. The van der Waals surface area contributed by atoms with Crippen molar-refractivity contribution in [2.24, 2.45) is 13.0 Å². The Morgan fingerprint density at radius 1 is 1.18 bits per heavy atom. The normalized spacial score (nSPS) is 16.1. The molecule has 118 valence electrons. The van der Waals surface area contributed by atoms with Gasteiger partial charge in [0.05, 0.1) is 0 Å². The van der Waals surface area contributed by atoms with Crippen molar-refractivity contribution in [1.29, 1.82) is 0 Å². The van der Waals surface area contributed by atoms with Gasteiger partial charge in [0.1, 0.15) is 11.6 Å². The Bertz CT molecular complexity index is 620. The number of hydrogen-bond donors (Lipinski definition) is 0. The standard InChI is InChI=1S/C17H22FN3S/c1-21-16(11-13-7-3-2-4-8-13)19-20-17(21)22-12-14-9-5-6-10-15(14)18/h5-6,9-10,13H,2-4,7-8,11-12H2,1H3. The predicted molar refractivity (Wildman–Crippen MR) is 87.2 cm³/mol. The minimum absolute atomic E-state index is 0.153. The zero-order chi connectivity index (χ0) is 15.4. The molecule has 1 heterocycles. The fourth-order valence-corrected chi connectivity index (χ4v) is 3.97. The van der Waals surface area contributed by atoms with Gasteiger partial charge in [0.15, 0.2) is 5.16 Å². The summed E-state index contributed by atoms with van der Waals surface area (Å²) in [6, 6.07) is 6.90. The van der Waals surface area contributed by atoms with Crippen molar-refractivity contribution in [2.45, 2.75) is 49.4 Å². The molecule has 0 saturated heterocycles. The van der Waals surface area contributed by atoms with Crippen LogP contribution in [0, 0.1) is 11.7 Å². The third-order valence-electron chi connectivity index (χ3n) is 4.44. The minimum Gasteiger partial charge on any atom is -0.309 e. The zero-order valence-corrected chi connectivity index (χ0v) is 13.8. The molecular formula is C17H22FN3S. The van der Waals surface area contributed by atoms with E-state index in [9.17, 15) is 4.39 Å². The molecule has 0 atom stereocenters. The Labute approximate surface area is 135 Å². The van der Waals surface area contributed by atoms with Gasteiger partial charge in [-0.3, -0.25) is 0 Å². The molecule has 0 bridgehead atoms. The topological polar surface area (TPSA) is 30.7 Å². The second kappa shape index (κ2) is 7.27. The largest absolute Gasteiger partial charge is 0.309 e. The SMILES string of the molecule is Cn1c(CC2CCCCC2)nnc1SCc1ccccc1F. The van der Waals surface area contributed by atoms with Crippen LogP contribution in [0.1, 0.15) is 43.5 Å². The second-order valence-electron chi connectivity index (χ2n) is 6.05. The van der Waals surface area contributed by atoms with Crippen molar-refractivity contribution in [2.75, 3.05) is 0 Å². The Morgan fingerprint density at radius 2 is 1.95 bits per heavy atom. The van der Waals surface area contributed by atoms with E-state index in [0.717, 1.165) is 23.3 Å². The first kappa shape index (κ1) is 15.5. The van der Waals surface area contributed by atoms with Gasteiger partial charge in [-0.2, -0.15) is 0 Å². The van der Waals surface area contributed by atoms with Gasteiger partial charge >= 0.3 is 0 Å². The van der Waals surface area contributed by atoms with Crippen LogP contribution in [0.3, 0.4) is 0 Å². The number of rotatable bonds is 5. The Balaban J connectivity index is 1.62. The van der Waals surface area contributed by atoms with Gasteiger partial charge in [0.25, 0.3) is 0 Å². The zero-order valence-electron chi connectivity index (χ0n) is 13.0. The molecule has 1 saturated carbocycles. The summed E-state index contributed by atoms with van der Waals surface area (Å²) in [5.74, 6) is 2.24. The number of aromatic nitrogens is 3. The first-order valence-corrected chi connectivity index (χ1v) is 8.97. The molecule has 1 aliphatic rings. The number of thioether (sulfide) groups is 1. The summed E-state index contributed by atoms with van der Waals surface area (Å²) in [6.45, 7) is 0. The summed E-state index contributed by atoms with van der Waals surface area (Å²) in [4.78, 5) is 0. The average Bonchev–Trinajstić information content (AvgIpc) is 2.88. The lowest BCUT2D eigenvalue weighted by atomic mass is 9.87. The van der Waals surface area contributed by atoms with E-state index < -0.39 is 0 Å². The van der Waals surface area contributed by atoms with E-state index in [2.05, 4.69) is 14.8 Å². The number of hydrogen-bond acceptors (Lipinski definition) is 3. The number of nitrogens with zero attached hydrogens (tertiary/aromatic N) is 3. The fourth-order valence-electron chi connectivity index (χ4n) is 3.06. The van der Waals surface area contributed by atoms with E-state index in [4.69, 9.17) is 0 Å². The lowest BCUT2D eigenvalue weighted by Gasteiger charge is -2.20. The van der Waals surface area contributed by atoms with Crippen LogP contribution in [0.15, 0.2) is 29.4 Å². The van der Waals surface area contributed by atoms with Crippen LogP contribution in [0.5, 0.6) is 0 Å². The molecule has 0 unspecified atom stereocenters. The number of benzene rings is 1. The quantitative estimate of drug-likeness (QED) is 0.767. The fraction of sp³-hybridized carbons (Fsp3) is 0.529. The average molecular weight is 319 g/mol. The van der Waals surface area contributed by atoms with Gasteiger partial charge in [-0.05, 0) is 17.5 Å². The van der Waals surface area contributed by atoms with Gasteiger partial charge in [-0.1, -0.05) is 62.1 Å². The third kappa shape index (κ3) is 3.69. The van der Waals surface area contributed by atoms with Crippen molar-refractivity contribution in [3.05, 3.63) is 41.5 Å². The third-order valence-corrected chi connectivity index (χ3v) is 5.50. The summed E-state index contributed by atoms with van der Waals surface area (Å²) >= 11 is 1.55. The van der Waals surface area contributed by atoms with Crippen molar-refractivity contribution >= 4 is 11.8 Å². The van der Waals surface area contributed by atoms with Crippen molar-refractivity contribution < 1.29 is 4.39 Å². The highest BCUT2D eigenvalue weighted by molar-refractivity contribution is 7.98. The van der Waals surface area contributed by atoms with Gasteiger partial charge in [-0.25, -0.2) is 4.39 Å². The van der Waals surface area contributed by atoms with Crippen LogP contribution in [0.2, 0.25) is 0 Å². The van der Waals surface area contributed by atoms with E-state index in [0.29, 0.717) is 11.3 Å². The van der Waals surface area contributed by atoms with Crippen LogP contribution in [-0.4, -0.2) is 14.8 Å².